The highest BCUT2D eigenvalue weighted by Gasteiger charge is 2.36. The topological polar surface area (TPSA) is 67.4 Å². The lowest BCUT2D eigenvalue weighted by Crippen LogP contribution is -2.35. The molecule has 2 N–H and O–H groups in total. The molecule has 0 aromatic heterocycles. The van der Waals surface area contributed by atoms with Gasteiger partial charge < -0.3 is 15.4 Å². The molecule has 0 aliphatic carbocycles. The summed E-state index contributed by atoms with van der Waals surface area (Å²) in [6.07, 6.45) is 6.02. The molecule has 0 spiro atoms. The van der Waals surface area contributed by atoms with Crippen molar-refractivity contribution < 1.29 is 14.3 Å². The van der Waals surface area contributed by atoms with E-state index in [1.54, 1.807) is 0 Å². The summed E-state index contributed by atoms with van der Waals surface area (Å²) in [7, 11) is 1.40. The van der Waals surface area contributed by atoms with E-state index in [0.29, 0.717) is 11.1 Å². The van der Waals surface area contributed by atoms with Crippen molar-refractivity contribution in [3.63, 3.8) is 0 Å². The van der Waals surface area contributed by atoms with E-state index in [1.165, 1.54) is 7.11 Å². The first kappa shape index (κ1) is 24.7. The molecule has 1 heterocycles. The van der Waals surface area contributed by atoms with Crippen LogP contribution < -0.4 is 10.6 Å². The number of carbonyl (C=O) groups is 2. The van der Waals surface area contributed by atoms with Crippen molar-refractivity contribution in [3.8, 4) is 0 Å². The van der Waals surface area contributed by atoms with Crippen molar-refractivity contribution in [1.29, 1.82) is 0 Å². The minimum Gasteiger partial charge on any atom is -0.466 e. The third-order valence-electron chi connectivity index (χ3n) is 6.00. The third kappa shape index (κ3) is 5.57. The Morgan fingerprint density at radius 3 is 2.19 bits per heavy atom. The summed E-state index contributed by atoms with van der Waals surface area (Å²) in [4.78, 5) is 26.4. The van der Waals surface area contributed by atoms with Crippen molar-refractivity contribution in [2.75, 3.05) is 12.4 Å². The van der Waals surface area contributed by atoms with Crippen molar-refractivity contribution in [2.24, 2.45) is 5.92 Å². The second kappa shape index (κ2) is 11.7. The van der Waals surface area contributed by atoms with Crippen LogP contribution in [0.2, 0.25) is 0 Å². The highest BCUT2D eigenvalue weighted by molar-refractivity contribution is 6.07. The standard InChI is InChI=1S/C26H38N2O3/c1-7-11-16-20-22(26(30)31-6)17(5)27-21(13-8-2)23(20)25(29)28-24-18(9-3)14-12-15-19(24)10-4/h12,14-15,20,27H,7-11,13,16H2,1-6H3,(H,28,29)/t20-/m1/s1. The summed E-state index contributed by atoms with van der Waals surface area (Å²) in [6.45, 7) is 10.3. The average Bonchev–Trinajstić information content (AvgIpc) is 2.77. The van der Waals surface area contributed by atoms with Gasteiger partial charge in [0.1, 0.15) is 0 Å². The number of amides is 1. The van der Waals surface area contributed by atoms with Crippen molar-refractivity contribution >= 4 is 17.6 Å². The molecule has 0 saturated heterocycles. The number of anilines is 1. The smallest absolute Gasteiger partial charge is 0.336 e. The lowest BCUT2D eigenvalue weighted by molar-refractivity contribution is -0.136. The first-order valence-corrected chi connectivity index (χ1v) is 11.6. The zero-order valence-corrected chi connectivity index (χ0v) is 20.0. The van der Waals surface area contributed by atoms with E-state index in [1.807, 2.05) is 13.0 Å². The van der Waals surface area contributed by atoms with Crippen LogP contribution in [0.5, 0.6) is 0 Å². The number of nitrogens with one attached hydrogen (secondary N) is 2. The predicted molar refractivity (Wildman–Crippen MR) is 127 cm³/mol. The second-order valence-corrected chi connectivity index (χ2v) is 8.10. The molecular formula is C26H38N2O3. The molecule has 1 aliphatic rings. The summed E-state index contributed by atoms with van der Waals surface area (Å²) >= 11 is 0. The molecule has 170 valence electrons. The number of hydrogen-bond donors (Lipinski definition) is 2. The number of unbranched alkanes of at least 4 members (excludes halogenated alkanes) is 1. The normalized spacial score (nSPS) is 16.3. The van der Waals surface area contributed by atoms with Gasteiger partial charge >= 0.3 is 5.97 Å². The molecule has 0 radical (unpaired) electrons. The van der Waals surface area contributed by atoms with E-state index in [0.717, 1.165) is 73.2 Å². The second-order valence-electron chi connectivity index (χ2n) is 8.10. The number of ether oxygens (including phenoxy) is 1. The highest BCUT2D eigenvalue weighted by Crippen LogP contribution is 2.36. The van der Waals surface area contributed by atoms with Crippen LogP contribution in [0.25, 0.3) is 0 Å². The van der Waals surface area contributed by atoms with Gasteiger partial charge in [0.2, 0.25) is 0 Å². The number of methoxy groups -OCH3 is 1. The summed E-state index contributed by atoms with van der Waals surface area (Å²) in [5, 5.41) is 6.59. The fourth-order valence-electron chi connectivity index (χ4n) is 4.41. The number of carbonyl (C=O) groups excluding carboxylic acids is 2. The average molecular weight is 427 g/mol. The van der Waals surface area contributed by atoms with Crippen LogP contribution >= 0.6 is 0 Å². The summed E-state index contributed by atoms with van der Waals surface area (Å²) in [5.74, 6) is -0.759. The number of benzene rings is 1. The zero-order chi connectivity index (χ0) is 23.0. The van der Waals surface area contributed by atoms with Crippen LogP contribution in [0.1, 0.15) is 77.8 Å². The Hall–Kier alpha value is -2.56. The van der Waals surface area contributed by atoms with Gasteiger partial charge in [-0.05, 0) is 43.7 Å². The van der Waals surface area contributed by atoms with Gasteiger partial charge in [-0.2, -0.15) is 0 Å². The maximum atomic E-state index is 13.7. The molecule has 5 heteroatoms. The molecule has 1 aromatic carbocycles. The number of aryl methyl sites for hydroxylation is 2. The van der Waals surface area contributed by atoms with Gasteiger partial charge in [-0.15, -0.1) is 0 Å². The van der Waals surface area contributed by atoms with E-state index in [4.69, 9.17) is 4.74 Å². The largest absolute Gasteiger partial charge is 0.466 e. The molecule has 1 atom stereocenters. The highest BCUT2D eigenvalue weighted by atomic mass is 16.5. The van der Waals surface area contributed by atoms with Crippen molar-refractivity contribution in [2.45, 2.75) is 79.6 Å². The molecule has 31 heavy (non-hydrogen) atoms. The number of rotatable bonds is 10. The van der Waals surface area contributed by atoms with E-state index in [-0.39, 0.29) is 17.8 Å². The quantitative estimate of drug-likeness (QED) is 0.474. The Labute approximate surface area is 187 Å². The summed E-state index contributed by atoms with van der Waals surface area (Å²) in [6, 6.07) is 6.17. The Bertz CT molecular complexity index is 845. The molecule has 5 nitrogen and oxygen atoms in total. The molecule has 1 amide bonds. The fraction of sp³-hybridized carbons (Fsp3) is 0.538. The number of esters is 1. The molecule has 0 saturated carbocycles. The van der Waals surface area contributed by atoms with E-state index >= 15 is 0 Å². The lowest BCUT2D eigenvalue weighted by atomic mass is 9.80. The first-order valence-electron chi connectivity index (χ1n) is 11.6. The van der Waals surface area contributed by atoms with Crippen molar-refractivity contribution in [3.05, 3.63) is 51.9 Å². The van der Waals surface area contributed by atoms with Gasteiger partial charge in [0.05, 0.1) is 12.7 Å². The molecule has 0 bridgehead atoms. The Kier molecular flexibility index (Phi) is 9.35. The molecule has 2 rings (SSSR count). The maximum absolute atomic E-state index is 13.7. The van der Waals surface area contributed by atoms with Gasteiger partial charge in [0.25, 0.3) is 5.91 Å². The van der Waals surface area contributed by atoms with Crippen LogP contribution in [0.3, 0.4) is 0 Å². The van der Waals surface area contributed by atoms with Crippen LogP contribution in [0.4, 0.5) is 5.69 Å². The predicted octanol–water partition coefficient (Wildman–Crippen LogP) is 5.66. The van der Waals surface area contributed by atoms with Crippen LogP contribution in [0, 0.1) is 5.92 Å². The summed E-state index contributed by atoms with van der Waals surface area (Å²) in [5.41, 5.74) is 6.10. The molecule has 0 unspecified atom stereocenters. The third-order valence-corrected chi connectivity index (χ3v) is 6.00. The lowest BCUT2D eigenvalue weighted by Gasteiger charge is -2.32. The van der Waals surface area contributed by atoms with Gasteiger partial charge in [-0.1, -0.05) is 65.2 Å². The number of dihydropyridines is 1. The van der Waals surface area contributed by atoms with Gasteiger partial charge in [0.15, 0.2) is 0 Å². The molecular weight excluding hydrogens is 388 g/mol. The van der Waals surface area contributed by atoms with Crippen LogP contribution in [0.15, 0.2) is 40.7 Å². The van der Waals surface area contributed by atoms with Gasteiger partial charge in [-0.25, -0.2) is 4.79 Å². The monoisotopic (exact) mass is 426 g/mol. The van der Waals surface area contributed by atoms with Crippen molar-refractivity contribution in [1.82, 2.24) is 5.32 Å². The van der Waals surface area contributed by atoms with E-state index in [9.17, 15) is 9.59 Å². The molecule has 0 fully saturated rings. The zero-order valence-electron chi connectivity index (χ0n) is 20.0. The molecule has 1 aromatic rings. The Morgan fingerprint density at radius 1 is 1.03 bits per heavy atom. The first-order chi connectivity index (χ1) is 14.9. The van der Waals surface area contributed by atoms with E-state index < -0.39 is 0 Å². The molecule has 1 aliphatic heterocycles. The van der Waals surface area contributed by atoms with Gasteiger partial charge in [-0.3, -0.25) is 4.79 Å². The van der Waals surface area contributed by atoms with Crippen LogP contribution in [-0.2, 0) is 27.2 Å². The fourth-order valence-corrected chi connectivity index (χ4v) is 4.41. The summed E-state index contributed by atoms with van der Waals surface area (Å²) < 4.78 is 5.09. The minimum atomic E-state index is -0.366. The minimum absolute atomic E-state index is 0.124. The van der Waals surface area contributed by atoms with Crippen LogP contribution in [-0.4, -0.2) is 19.0 Å². The Morgan fingerprint density at radius 2 is 1.68 bits per heavy atom. The maximum Gasteiger partial charge on any atom is 0.336 e. The SMILES string of the molecule is CCCC[C@@H]1C(C(=O)OC)=C(C)NC(CCC)=C1C(=O)Nc1c(CC)cccc1CC. The number of hydrogen-bond acceptors (Lipinski definition) is 4. The van der Waals surface area contributed by atoms with E-state index in [2.05, 4.69) is 50.5 Å². The van der Waals surface area contributed by atoms with Gasteiger partial charge in [0, 0.05) is 28.6 Å². The number of para-hydroxylation sites is 1. The number of allylic oxidation sites excluding steroid dienone is 2. The Balaban J connectivity index is 2.55.